The predicted molar refractivity (Wildman–Crippen MR) is 101 cm³/mol. The molecule has 1 aromatic carbocycles. The molecule has 4 rings (SSSR count). The van der Waals surface area contributed by atoms with E-state index in [4.69, 9.17) is 4.52 Å². The van der Waals surface area contributed by atoms with Gasteiger partial charge in [-0.15, -0.1) is 0 Å². The van der Waals surface area contributed by atoms with E-state index in [0.29, 0.717) is 18.3 Å². The lowest BCUT2D eigenvalue weighted by molar-refractivity contribution is 0.0749. The number of hydrogen-bond donors (Lipinski definition) is 1. The standard InChI is InChI=1S/C20H23N5O2/c1-14-21-10-9-18(22-14)15-5-7-16(8-6-15)20-23-19(27-24-20)12-25-11-3-2-4-17(25)13-26/h5-10,17,26H,2-4,11-13H2,1H3/t17-/m1/s1. The summed E-state index contributed by atoms with van der Waals surface area (Å²) >= 11 is 0. The first kappa shape index (κ1) is 17.8. The molecule has 0 radical (unpaired) electrons. The van der Waals surface area contributed by atoms with E-state index in [1.165, 1.54) is 0 Å². The molecule has 1 aliphatic heterocycles. The Kier molecular flexibility index (Phi) is 5.22. The van der Waals surface area contributed by atoms with Crippen molar-refractivity contribution in [2.75, 3.05) is 13.2 Å². The minimum Gasteiger partial charge on any atom is -0.395 e. The Hall–Kier alpha value is -2.64. The van der Waals surface area contributed by atoms with E-state index in [2.05, 4.69) is 25.0 Å². The van der Waals surface area contributed by atoms with Crippen LogP contribution in [0.3, 0.4) is 0 Å². The van der Waals surface area contributed by atoms with Gasteiger partial charge in [0, 0.05) is 23.4 Å². The topological polar surface area (TPSA) is 88.2 Å². The maximum Gasteiger partial charge on any atom is 0.241 e. The molecule has 1 N–H and O–H groups in total. The number of benzene rings is 1. The fourth-order valence-electron chi connectivity index (χ4n) is 3.49. The van der Waals surface area contributed by atoms with Crippen LogP contribution in [-0.2, 0) is 6.54 Å². The van der Waals surface area contributed by atoms with Gasteiger partial charge in [-0.3, -0.25) is 4.90 Å². The smallest absolute Gasteiger partial charge is 0.241 e. The number of nitrogens with zero attached hydrogens (tertiary/aromatic N) is 5. The van der Waals surface area contributed by atoms with Crippen molar-refractivity contribution in [2.45, 2.75) is 38.8 Å². The van der Waals surface area contributed by atoms with E-state index in [1.54, 1.807) is 6.20 Å². The molecule has 0 amide bonds. The average Bonchev–Trinajstić information content (AvgIpc) is 3.17. The third-order valence-electron chi connectivity index (χ3n) is 4.98. The van der Waals surface area contributed by atoms with Crippen molar-refractivity contribution in [1.82, 2.24) is 25.0 Å². The first-order chi connectivity index (χ1) is 13.2. The molecule has 140 valence electrons. The molecule has 1 aliphatic rings. The molecule has 0 spiro atoms. The highest BCUT2D eigenvalue weighted by atomic mass is 16.5. The molecule has 2 aromatic heterocycles. The number of rotatable bonds is 5. The van der Waals surface area contributed by atoms with Crippen molar-refractivity contribution in [1.29, 1.82) is 0 Å². The van der Waals surface area contributed by atoms with Crippen molar-refractivity contribution in [2.24, 2.45) is 0 Å². The highest BCUT2D eigenvalue weighted by molar-refractivity contribution is 5.64. The number of aromatic nitrogens is 4. The van der Waals surface area contributed by atoms with Crippen molar-refractivity contribution in [3.05, 3.63) is 48.2 Å². The summed E-state index contributed by atoms with van der Waals surface area (Å²) < 4.78 is 5.44. The molecule has 1 saturated heterocycles. The van der Waals surface area contributed by atoms with Gasteiger partial charge in [0.1, 0.15) is 5.82 Å². The molecule has 1 fully saturated rings. The SMILES string of the molecule is Cc1nccc(-c2ccc(-c3noc(CN4CCCC[C@@H]4CO)n3)cc2)n1. The lowest BCUT2D eigenvalue weighted by atomic mass is 10.0. The summed E-state index contributed by atoms with van der Waals surface area (Å²) in [5, 5.41) is 13.7. The van der Waals surface area contributed by atoms with E-state index in [9.17, 15) is 5.11 Å². The summed E-state index contributed by atoms with van der Waals surface area (Å²) in [6.45, 7) is 3.58. The lowest BCUT2D eigenvalue weighted by Crippen LogP contribution is -2.41. The monoisotopic (exact) mass is 365 g/mol. The van der Waals surface area contributed by atoms with Crippen LogP contribution in [0.5, 0.6) is 0 Å². The van der Waals surface area contributed by atoms with Gasteiger partial charge in [0.05, 0.1) is 18.8 Å². The van der Waals surface area contributed by atoms with E-state index < -0.39 is 0 Å². The third-order valence-corrected chi connectivity index (χ3v) is 4.98. The van der Waals surface area contributed by atoms with Gasteiger partial charge in [-0.1, -0.05) is 35.8 Å². The van der Waals surface area contributed by atoms with E-state index >= 15 is 0 Å². The van der Waals surface area contributed by atoms with Crippen LogP contribution in [0.25, 0.3) is 22.6 Å². The largest absolute Gasteiger partial charge is 0.395 e. The average molecular weight is 365 g/mol. The number of aliphatic hydroxyl groups is 1. The van der Waals surface area contributed by atoms with E-state index in [0.717, 1.165) is 48.5 Å². The zero-order chi connectivity index (χ0) is 18.6. The second-order valence-corrected chi connectivity index (χ2v) is 6.88. The maximum absolute atomic E-state index is 9.54. The molecule has 27 heavy (non-hydrogen) atoms. The number of likely N-dealkylation sites (tertiary alicyclic amines) is 1. The Morgan fingerprint density at radius 3 is 2.70 bits per heavy atom. The van der Waals surface area contributed by atoms with Crippen molar-refractivity contribution >= 4 is 0 Å². The van der Waals surface area contributed by atoms with Gasteiger partial charge in [0.2, 0.25) is 11.7 Å². The van der Waals surface area contributed by atoms with Gasteiger partial charge in [0.15, 0.2) is 0 Å². The molecule has 7 nitrogen and oxygen atoms in total. The van der Waals surface area contributed by atoms with Crippen LogP contribution in [-0.4, -0.2) is 49.3 Å². The van der Waals surface area contributed by atoms with Crippen LogP contribution in [0.1, 0.15) is 31.0 Å². The van der Waals surface area contributed by atoms with Crippen LogP contribution in [0.4, 0.5) is 0 Å². The molecule has 0 bridgehead atoms. The summed E-state index contributed by atoms with van der Waals surface area (Å²) in [6, 6.07) is 10.0. The van der Waals surface area contributed by atoms with Gasteiger partial charge in [0.25, 0.3) is 0 Å². The highest BCUT2D eigenvalue weighted by Crippen LogP contribution is 2.23. The molecular weight excluding hydrogens is 342 g/mol. The number of piperidine rings is 1. The maximum atomic E-state index is 9.54. The Bertz CT molecular complexity index is 893. The van der Waals surface area contributed by atoms with E-state index in [1.807, 2.05) is 37.3 Å². The van der Waals surface area contributed by atoms with Gasteiger partial charge in [-0.05, 0) is 32.4 Å². The zero-order valence-electron chi connectivity index (χ0n) is 15.4. The van der Waals surface area contributed by atoms with Crippen LogP contribution in [0.2, 0.25) is 0 Å². The quantitative estimate of drug-likeness (QED) is 0.744. The molecule has 0 saturated carbocycles. The number of hydrogen-bond acceptors (Lipinski definition) is 7. The Morgan fingerprint density at radius 1 is 1.11 bits per heavy atom. The van der Waals surface area contributed by atoms with Crippen LogP contribution in [0.15, 0.2) is 41.1 Å². The first-order valence-corrected chi connectivity index (χ1v) is 9.31. The van der Waals surface area contributed by atoms with Crippen molar-refractivity contribution in [3.8, 4) is 22.6 Å². The van der Waals surface area contributed by atoms with Crippen LogP contribution >= 0.6 is 0 Å². The predicted octanol–water partition coefficient (Wildman–Crippen LogP) is 2.85. The summed E-state index contributed by atoms with van der Waals surface area (Å²) in [4.78, 5) is 15.3. The summed E-state index contributed by atoms with van der Waals surface area (Å²) in [5.74, 6) is 1.91. The summed E-state index contributed by atoms with van der Waals surface area (Å²) in [6.07, 6.45) is 5.08. The molecule has 3 aromatic rings. The third kappa shape index (κ3) is 4.04. The molecular formula is C20H23N5O2. The Morgan fingerprint density at radius 2 is 1.93 bits per heavy atom. The Balaban J connectivity index is 1.48. The fourth-order valence-corrected chi connectivity index (χ4v) is 3.49. The minimum absolute atomic E-state index is 0.172. The molecule has 3 heterocycles. The number of aliphatic hydroxyl groups excluding tert-OH is 1. The fraction of sp³-hybridized carbons (Fsp3) is 0.400. The highest BCUT2D eigenvalue weighted by Gasteiger charge is 2.23. The second kappa shape index (κ2) is 7.94. The molecule has 0 aliphatic carbocycles. The summed E-state index contributed by atoms with van der Waals surface area (Å²) in [7, 11) is 0. The van der Waals surface area contributed by atoms with Crippen molar-refractivity contribution < 1.29 is 9.63 Å². The van der Waals surface area contributed by atoms with Crippen molar-refractivity contribution in [3.63, 3.8) is 0 Å². The minimum atomic E-state index is 0.172. The van der Waals surface area contributed by atoms with Gasteiger partial charge < -0.3 is 9.63 Å². The van der Waals surface area contributed by atoms with Crippen LogP contribution in [0, 0.1) is 6.92 Å². The number of aryl methyl sites for hydroxylation is 1. The van der Waals surface area contributed by atoms with Gasteiger partial charge in [-0.2, -0.15) is 4.98 Å². The summed E-state index contributed by atoms with van der Waals surface area (Å²) in [5.41, 5.74) is 2.81. The molecule has 7 heteroatoms. The van der Waals surface area contributed by atoms with Gasteiger partial charge in [-0.25, -0.2) is 9.97 Å². The Labute approximate surface area is 158 Å². The van der Waals surface area contributed by atoms with Gasteiger partial charge >= 0.3 is 0 Å². The molecule has 0 unspecified atom stereocenters. The second-order valence-electron chi connectivity index (χ2n) is 6.88. The zero-order valence-corrected chi connectivity index (χ0v) is 15.4. The van der Waals surface area contributed by atoms with Crippen LogP contribution < -0.4 is 0 Å². The molecule has 1 atom stereocenters. The lowest BCUT2D eigenvalue weighted by Gasteiger charge is -2.33. The normalized spacial score (nSPS) is 17.9. The first-order valence-electron chi connectivity index (χ1n) is 9.31. The van der Waals surface area contributed by atoms with E-state index in [-0.39, 0.29) is 12.6 Å².